The van der Waals surface area contributed by atoms with Crippen LogP contribution in [0, 0.1) is 6.92 Å². The maximum atomic E-state index is 12.9. The predicted octanol–water partition coefficient (Wildman–Crippen LogP) is 4.73. The first-order valence-electron chi connectivity index (χ1n) is 8.33. The number of carbonyl (C=O) groups is 2. The average Bonchev–Trinajstić information content (AvgIpc) is 2.68. The highest BCUT2D eigenvalue weighted by atomic mass is 32.2. The zero-order valence-corrected chi connectivity index (χ0v) is 15.2. The number of amides is 1. The SMILES string of the molecule is Cc1ccccc1C(=O)NSC(=O)C(c1ccccc1)c1ccccc1. The number of carbonyl (C=O) groups excluding carboxylic acids is 2. The number of hydrogen-bond donors (Lipinski definition) is 1. The van der Waals surface area contributed by atoms with Crippen LogP contribution in [-0.4, -0.2) is 11.0 Å². The van der Waals surface area contributed by atoms with Crippen LogP contribution in [0.15, 0.2) is 84.9 Å². The van der Waals surface area contributed by atoms with Gasteiger partial charge in [0.05, 0.1) is 5.92 Å². The first-order valence-corrected chi connectivity index (χ1v) is 9.15. The van der Waals surface area contributed by atoms with Crippen molar-refractivity contribution in [3.05, 3.63) is 107 Å². The Morgan fingerprint density at radius 1 is 0.769 bits per heavy atom. The highest BCUT2D eigenvalue weighted by Gasteiger charge is 2.24. The minimum Gasteiger partial charge on any atom is -0.289 e. The van der Waals surface area contributed by atoms with E-state index in [1.54, 1.807) is 6.07 Å². The molecule has 0 radical (unpaired) electrons. The van der Waals surface area contributed by atoms with E-state index in [-0.39, 0.29) is 11.0 Å². The molecule has 0 atom stereocenters. The molecule has 0 aliphatic heterocycles. The molecule has 4 heteroatoms. The molecule has 3 aromatic carbocycles. The van der Waals surface area contributed by atoms with Crippen LogP contribution in [0.2, 0.25) is 0 Å². The molecule has 1 N–H and O–H groups in total. The summed E-state index contributed by atoms with van der Waals surface area (Å²) in [5, 5.41) is -0.121. The number of hydrogen-bond acceptors (Lipinski definition) is 3. The molecule has 0 saturated carbocycles. The lowest BCUT2D eigenvalue weighted by molar-refractivity contribution is -0.111. The molecule has 0 aromatic heterocycles. The van der Waals surface area contributed by atoms with Gasteiger partial charge in [0.25, 0.3) is 5.91 Å². The van der Waals surface area contributed by atoms with E-state index in [0.717, 1.165) is 28.6 Å². The van der Waals surface area contributed by atoms with E-state index in [1.807, 2.05) is 85.8 Å². The number of nitrogens with one attached hydrogen (secondary N) is 1. The van der Waals surface area contributed by atoms with E-state index in [2.05, 4.69) is 4.72 Å². The first-order chi connectivity index (χ1) is 12.7. The average molecular weight is 361 g/mol. The minimum atomic E-state index is -0.431. The third-order valence-electron chi connectivity index (χ3n) is 4.14. The normalized spacial score (nSPS) is 10.5. The van der Waals surface area contributed by atoms with Gasteiger partial charge in [-0.1, -0.05) is 78.9 Å². The highest BCUT2D eigenvalue weighted by molar-refractivity contribution is 8.12. The van der Waals surface area contributed by atoms with Crippen LogP contribution in [0.1, 0.15) is 33.0 Å². The molecule has 0 heterocycles. The Kier molecular flexibility index (Phi) is 5.87. The van der Waals surface area contributed by atoms with Crippen LogP contribution in [0.3, 0.4) is 0 Å². The fourth-order valence-electron chi connectivity index (χ4n) is 2.79. The Morgan fingerprint density at radius 3 is 1.81 bits per heavy atom. The molecule has 1 amide bonds. The molecule has 0 spiro atoms. The molecule has 130 valence electrons. The van der Waals surface area contributed by atoms with E-state index in [0.29, 0.717) is 5.56 Å². The quantitative estimate of drug-likeness (QED) is 0.683. The summed E-state index contributed by atoms with van der Waals surface area (Å²) in [6, 6.07) is 26.5. The van der Waals surface area contributed by atoms with Gasteiger partial charge in [0, 0.05) is 17.5 Å². The van der Waals surface area contributed by atoms with Gasteiger partial charge in [-0.25, -0.2) is 0 Å². The van der Waals surface area contributed by atoms with Gasteiger partial charge in [0.15, 0.2) is 0 Å². The number of aryl methyl sites for hydroxylation is 1. The van der Waals surface area contributed by atoms with Crippen LogP contribution in [0.4, 0.5) is 0 Å². The molecular formula is C22H19NO2S. The first kappa shape index (κ1) is 18.0. The van der Waals surface area contributed by atoms with Gasteiger partial charge in [-0.3, -0.25) is 14.3 Å². The molecule has 0 aliphatic carbocycles. The second-order valence-corrected chi connectivity index (χ2v) is 6.73. The van der Waals surface area contributed by atoms with E-state index in [9.17, 15) is 9.59 Å². The molecule has 0 saturated heterocycles. The molecule has 3 nitrogen and oxygen atoms in total. The van der Waals surface area contributed by atoms with Crippen LogP contribution in [0.25, 0.3) is 0 Å². The predicted molar refractivity (Wildman–Crippen MR) is 106 cm³/mol. The molecule has 0 unspecified atom stereocenters. The Labute approximate surface area is 157 Å². The fourth-order valence-corrected chi connectivity index (χ4v) is 3.49. The highest BCUT2D eigenvalue weighted by Crippen LogP contribution is 2.29. The maximum absolute atomic E-state index is 12.9. The summed E-state index contributed by atoms with van der Waals surface area (Å²) in [7, 11) is 0. The number of benzene rings is 3. The smallest absolute Gasteiger partial charge is 0.261 e. The van der Waals surface area contributed by atoms with Gasteiger partial charge >= 0.3 is 0 Å². The lowest BCUT2D eigenvalue weighted by atomic mass is 9.92. The molecule has 0 fully saturated rings. The molecule has 3 rings (SSSR count). The number of rotatable bonds is 4. The third kappa shape index (κ3) is 4.21. The van der Waals surface area contributed by atoms with Gasteiger partial charge < -0.3 is 0 Å². The van der Waals surface area contributed by atoms with Gasteiger partial charge in [0.2, 0.25) is 5.12 Å². The largest absolute Gasteiger partial charge is 0.289 e. The monoisotopic (exact) mass is 361 g/mol. The molecule has 3 aromatic rings. The van der Waals surface area contributed by atoms with Crippen molar-refractivity contribution >= 4 is 23.0 Å². The Bertz CT molecular complexity index is 855. The molecule has 0 aliphatic rings. The van der Waals surface area contributed by atoms with E-state index in [1.165, 1.54) is 0 Å². The molecular weight excluding hydrogens is 342 g/mol. The second-order valence-electron chi connectivity index (χ2n) is 5.92. The van der Waals surface area contributed by atoms with Gasteiger partial charge in [-0.2, -0.15) is 0 Å². The third-order valence-corrected chi connectivity index (χ3v) is 4.86. The summed E-state index contributed by atoms with van der Waals surface area (Å²) >= 11 is 0.847. The van der Waals surface area contributed by atoms with Gasteiger partial charge in [-0.05, 0) is 29.7 Å². The van der Waals surface area contributed by atoms with E-state index < -0.39 is 5.92 Å². The zero-order chi connectivity index (χ0) is 18.4. The van der Waals surface area contributed by atoms with Crippen molar-refractivity contribution in [2.45, 2.75) is 12.8 Å². The molecule has 0 bridgehead atoms. The Hall–Kier alpha value is -2.85. The topological polar surface area (TPSA) is 46.2 Å². The summed E-state index contributed by atoms with van der Waals surface area (Å²) in [5.74, 6) is -0.694. The standard InChI is InChI=1S/C22H19NO2S/c1-16-10-8-9-15-19(16)21(24)23-26-22(25)20(17-11-4-2-5-12-17)18-13-6-3-7-14-18/h2-15,20H,1H3,(H,23,24). The van der Waals surface area contributed by atoms with E-state index in [4.69, 9.17) is 0 Å². The van der Waals surface area contributed by atoms with Crippen LogP contribution in [0.5, 0.6) is 0 Å². The van der Waals surface area contributed by atoms with Crippen molar-refractivity contribution in [2.24, 2.45) is 0 Å². The summed E-state index contributed by atoms with van der Waals surface area (Å²) in [4.78, 5) is 25.3. The van der Waals surface area contributed by atoms with Crippen molar-refractivity contribution in [2.75, 3.05) is 0 Å². The minimum absolute atomic E-state index is 0.121. The Morgan fingerprint density at radius 2 is 1.27 bits per heavy atom. The van der Waals surface area contributed by atoms with Crippen molar-refractivity contribution in [1.82, 2.24) is 4.72 Å². The van der Waals surface area contributed by atoms with Crippen molar-refractivity contribution in [3.8, 4) is 0 Å². The van der Waals surface area contributed by atoms with Crippen LogP contribution in [-0.2, 0) is 4.79 Å². The van der Waals surface area contributed by atoms with E-state index >= 15 is 0 Å². The van der Waals surface area contributed by atoms with Crippen molar-refractivity contribution in [1.29, 1.82) is 0 Å². The fraction of sp³-hybridized carbons (Fsp3) is 0.0909. The Balaban J connectivity index is 1.78. The summed E-state index contributed by atoms with van der Waals surface area (Å²) in [6.07, 6.45) is 0. The second kappa shape index (κ2) is 8.50. The summed E-state index contributed by atoms with van der Waals surface area (Å²) in [6.45, 7) is 1.87. The summed E-state index contributed by atoms with van der Waals surface area (Å²) < 4.78 is 2.69. The lowest BCUT2D eigenvalue weighted by Crippen LogP contribution is -2.22. The summed E-state index contributed by atoms with van der Waals surface area (Å²) in [5.41, 5.74) is 3.26. The van der Waals surface area contributed by atoms with Crippen LogP contribution < -0.4 is 4.72 Å². The van der Waals surface area contributed by atoms with Crippen molar-refractivity contribution < 1.29 is 9.59 Å². The van der Waals surface area contributed by atoms with Crippen LogP contribution >= 0.6 is 11.9 Å². The van der Waals surface area contributed by atoms with Gasteiger partial charge in [0.1, 0.15) is 0 Å². The molecule has 26 heavy (non-hydrogen) atoms. The van der Waals surface area contributed by atoms with Gasteiger partial charge in [-0.15, -0.1) is 0 Å². The zero-order valence-electron chi connectivity index (χ0n) is 14.4. The van der Waals surface area contributed by atoms with Crippen molar-refractivity contribution in [3.63, 3.8) is 0 Å². The maximum Gasteiger partial charge on any atom is 0.261 e. The lowest BCUT2D eigenvalue weighted by Gasteiger charge is -2.16.